The molecule has 0 amide bonds. The number of hydrogen-bond acceptors (Lipinski definition) is 5. The van der Waals surface area contributed by atoms with E-state index in [1.54, 1.807) is 35.5 Å². The van der Waals surface area contributed by atoms with Crippen molar-refractivity contribution in [3.8, 4) is 0 Å². The third-order valence-electron chi connectivity index (χ3n) is 4.82. The molecule has 0 aromatic heterocycles. The summed E-state index contributed by atoms with van der Waals surface area (Å²) >= 11 is 0. The van der Waals surface area contributed by atoms with Crippen molar-refractivity contribution in [2.24, 2.45) is 0 Å². The molecule has 0 fully saturated rings. The molecule has 0 unspecified atom stereocenters. The zero-order valence-electron chi connectivity index (χ0n) is 18.2. The van der Waals surface area contributed by atoms with E-state index in [2.05, 4.69) is 24.3 Å². The fourth-order valence-electron chi connectivity index (χ4n) is 3.28. The van der Waals surface area contributed by atoms with E-state index in [-0.39, 0.29) is 0 Å². The third-order valence-corrected chi connectivity index (χ3v) is 10.8. The van der Waals surface area contributed by atoms with Gasteiger partial charge in [0.2, 0.25) is 0 Å². The van der Waals surface area contributed by atoms with Crippen LogP contribution in [0.15, 0.2) is 91.0 Å². The zero-order chi connectivity index (χ0) is 21.9. The summed E-state index contributed by atoms with van der Waals surface area (Å²) in [6.07, 6.45) is 0. The van der Waals surface area contributed by atoms with Crippen LogP contribution in [0, 0.1) is 0 Å². The van der Waals surface area contributed by atoms with Gasteiger partial charge in [0, 0.05) is 40.7 Å². The quantitative estimate of drug-likeness (QED) is 0.501. The third kappa shape index (κ3) is 5.33. The molecule has 0 aliphatic rings. The first kappa shape index (κ1) is 24.2. The van der Waals surface area contributed by atoms with Gasteiger partial charge in [0.1, 0.15) is 0 Å². The minimum atomic E-state index is -2.59. The smallest absolute Gasteiger partial charge is 0.391 e. The topological polar surface area (TPSA) is 46.2 Å². The van der Waals surface area contributed by atoms with Crippen molar-refractivity contribution in [3.63, 3.8) is 0 Å². The largest absolute Gasteiger partial charge is 0.536 e. The lowest BCUT2D eigenvalue weighted by molar-refractivity contribution is 0.140. The molecule has 160 valence electrons. The second-order valence-corrected chi connectivity index (χ2v) is 12.4. The van der Waals surface area contributed by atoms with Crippen LogP contribution in [0.1, 0.15) is 0 Å². The predicted molar refractivity (Wildman–Crippen MR) is 125 cm³/mol. The highest BCUT2D eigenvalue weighted by Gasteiger charge is 2.41. The Labute approximate surface area is 181 Å². The van der Waals surface area contributed by atoms with E-state index in [1.807, 2.05) is 66.7 Å². The summed E-state index contributed by atoms with van der Waals surface area (Å²) in [6.45, 7) is 0. The van der Waals surface area contributed by atoms with E-state index in [4.69, 9.17) is 22.1 Å². The first-order chi connectivity index (χ1) is 14.6. The van der Waals surface area contributed by atoms with E-state index in [0.29, 0.717) is 0 Å². The van der Waals surface area contributed by atoms with Gasteiger partial charge in [-0.1, -0.05) is 91.0 Å². The molecular formula is C23H30O5Si2. The Hall–Kier alpha value is -2.11. The van der Waals surface area contributed by atoms with Crippen LogP contribution in [-0.4, -0.2) is 52.9 Å². The standard InChI is InChI=1S/C14H16O2Si.C9H14O3Si/c1-15-17(16-2,13-9-5-3-6-10-13)14-11-7-4-8-12-14;1-10-13(11-2,12-3)9-7-5-4-6-8-9/h3-12H,1-2H3;4-8H,1-3H3. The van der Waals surface area contributed by atoms with Crippen molar-refractivity contribution in [1.29, 1.82) is 0 Å². The Morgan fingerprint density at radius 1 is 0.400 bits per heavy atom. The summed E-state index contributed by atoms with van der Waals surface area (Å²) in [4.78, 5) is 0. The Morgan fingerprint density at radius 2 is 0.700 bits per heavy atom. The average molecular weight is 443 g/mol. The van der Waals surface area contributed by atoms with E-state index in [9.17, 15) is 0 Å². The van der Waals surface area contributed by atoms with Gasteiger partial charge >= 0.3 is 17.4 Å². The zero-order valence-corrected chi connectivity index (χ0v) is 20.2. The van der Waals surface area contributed by atoms with Crippen LogP contribution in [0.2, 0.25) is 0 Å². The van der Waals surface area contributed by atoms with Crippen molar-refractivity contribution in [3.05, 3.63) is 91.0 Å². The second-order valence-electron chi connectivity index (χ2n) is 6.29. The molecule has 0 saturated heterocycles. The normalized spacial score (nSPS) is 11.5. The molecule has 3 rings (SSSR count). The summed E-state index contributed by atoms with van der Waals surface area (Å²) in [5.74, 6) is 0. The minimum absolute atomic E-state index is 0.975. The maximum atomic E-state index is 5.78. The number of rotatable bonds is 8. The molecule has 0 spiro atoms. The lowest BCUT2D eigenvalue weighted by atomic mass is 10.4. The molecule has 30 heavy (non-hydrogen) atoms. The molecule has 0 saturated carbocycles. The fourth-order valence-corrected chi connectivity index (χ4v) is 7.80. The van der Waals surface area contributed by atoms with E-state index in [1.165, 1.54) is 0 Å². The highest BCUT2D eigenvalue weighted by molar-refractivity contribution is 6.92. The highest BCUT2D eigenvalue weighted by atomic mass is 28.4. The summed E-state index contributed by atoms with van der Waals surface area (Å²) in [7, 11) is 3.16. The van der Waals surface area contributed by atoms with Crippen molar-refractivity contribution < 1.29 is 22.1 Å². The predicted octanol–water partition coefficient (Wildman–Crippen LogP) is 2.31. The molecular weight excluding hydrogens is 412 g/mol. The Bertz CT molecular complexity index is 789. The fraction of sp³-hybridized carbons (Fsp3) is 0.217. The van der Waals surface area contributed by atoms with Crippen molar-refractivity contribution in [2.45, 2.75) is 0 Å². The molecule has 0 N–H and O–H groups in total. The van der Waals surface area contributed by atoms with Gasteiger partial charge in [-0.3, -0.25) is 0 Å². The summed E-state index contributed by atoms with van der Waals surface area (Å²) in [5, 5.41) is 3.22. The Kier molecular flexibility index (Phi) is 9.60. The first-order valence-corrected chi connectivity index (χ1v) is 13.1. The highest BCUT2D eigenvalue weighted by Crippen LogP contribution is 2.07. The van der Waals surface area contributed by atoms with Crippen LogP contribution in [0.25, 0.3) is 0 Å². The molecule has 0 heterocycles. The van der Waals surface area contributed by atoms with Gasteiger partial charge < -0.3 is 22.1 Å². The average Bonchev–Trinajstić information content (AvgIpc) is 2.84. The molecule has 5 nitrogen and oxygen atoms in total. The monoisotopic (exact) mass is 442 g/mol. The molecule has 0 bridgehead atoms. The van der Waals surface area contributed by atoms with Crippen LogP contribution >= 0.6 is 0 Å². The van der Waals surface area contributed by atoms with Gasteiger partial charge in [-0.25, -0.2) is 0 Å². The van der Waals surface area contributed by atoms with Crippen LogP contribution < -0.4 is 15.6 Å². The van der Waals surface area contributed by atoms with Crippen molar-refractivity contribution in [1.82, 2.24) is 0 Å². The lowest BCUT2D eigenvalue weighted by Crippen LogP contribution is -2.62. The summed E-state index contributed by atoms with van der Waals surface area (Å²) in [6, 6.07) is 30.0. The van der Waals surface area contributed by atoms with E-state index < -0.39 is 17.4 Å². The van der Waals surface area contributed by atoms with Gasteiger partial charge in [-0.05, 0) is 10.4 Å². The second kappa shape index (κ2) is 11.9. The van der Waals surface area contributed by atoms with Gasteiger partial charge in [0.05, 0.1) is 0 Å². The van der Waals surface area contributed by atoms with Crippen LogP contribution in [0.3, 0.4) is 0 Å². The number of hydrogen-bond donors (Lipinski definition) is 0. The van der Waals surface area contributed by atoms with Crippen LogP contribution in [0.5, 0.6) is 0 Å². The first-order valence-electron chi connectivity index (χ1n) is 9.54. The van der Waals surface area contributed by atoms with Crippen LogP contribution in [0.4, 0.5) is 0 Å². The maximum absolute atomic E-state index is 5.78. The lowest BCUT2D eigenvalue weighted by Gasteiger charge is -2.27. The van der Waals surface area contributed by atoms with E-state index in [0.717, 1.165) is 15.6 Å². The maximum Gasteiger partial charge on any atom is 0.536 e. The molecule has 0 radical (unpaired) electrons. The molecule has 7 heteroatoms. The number of benzene rings is 3. The Balaban J connectivity index is 0.000000222. The van der Waals surface area contributed by atoms with Gasteiger partial charge in [0.25, 0.3) is 0 Å². The molecule has 0 atom stereocenters. The molecule has 0 aliphatic carbocycles. The van der Waals surface area contributed by atoms with Crippen molar-refractivity contribution >= 4 is 32.9 Å². The SMILES string of the molecule is CO[Si](OC)(OC)c1ccccc1.CO[Si](OC)(c1ccccc1)c1ccccc1. The van der Waals surface area contributed by atoms with E-state index >= 15 is 0 Å². The van der Waals surface area contributed by atoms with Gasteiger partial charge in [-0.15, -0.1) is 0 Å². The van der Waals surface area contributed by atoms with Crippen LogP contribution in [-0.2, 0) is 22.1 Å². The molecule has 3 aromatic carbocycles. The minimum Gasteiger partial charge on any atom is -0.391 e. The summed E-state index contributed by atoms with van der Waals surface area (Å²) < 4.78 is 27.5. The van der Waals surface area contributed by atoms with Gasteiger partial charge in [-0.2, -0.15) is 0 Å². The van der Waals surface area contributed by atoms with Crippen molar-refractivity contribution in [2.75, 3.05) is 35.5 Å². The van der Waals surface area contributed by atoms with Gasteiger partial charge in [0.15, 0.2) is 0 Å². The Morgan fingerprint density at radius 3 is 0.967 bits per heavy atom. The molecule has 3 aromatic rings. The molecule has 0 aliphatic heterocycles. The summed E-state index contributed by atoms with van der Waals surface area (Å²) in [5.41, 5.74) is 0.